The number of carbonyl (C=O) groups excluding carboxylic acids is 1. The van der Waals surface area contributed by atoms with Gasteiger partial charge in [0.05, 0.1) is 9.35 Å². The zero-order chi connectivity index (χ0) is 12.3. The van der Waals surface area contributed by atoms with Crippen LogP contribution in [0.2, 0.25) is 0 Å². The first-order valence-electron chi connectivity index (χ1n) is 5.97. The van der Waals surface area contributed by atoms with Crippen LogP contribution in [0.1, 0.15) is 36.0 Å². The monoisotopic (exact) mass is 316 g/mol. The highest BCUT2D eigenvalue weighted by Gasteiger charge is 2.27. The molecule has 0 aromatic carbocycles. The van der Waals surface area contributed by atoms with Crippen LogP contribution in [-0.2, 0) is 0 Å². The van der Waals surface area contributed by atoms with Gasteiger partial charge in [0.1, 0.15) is 0 Å². The van der Waals surface area contributed by atoms with Crippen LogP contribution in [0.25, 0.3) is 0 Å². The Hall–Kier alpha value is -0.390. The molecule has 2 N–H and O–H groups in total. The molecule has 1 aromatic rings. The number of rotatable bonds is 3. The molecular formula is C12H17BrN2OS. The van der Waals surface area contributed by atoms with Gasteiger partial charge >= 0.3 is 0 Å². The topological polar surface area (TPSA) is 46.3 Å². The first kappa shape index (κ1) is 13.1. The number of hydrogen-bond donors (Lipinski definition) is 1. The zero-order valence-electron chi connectivity index (χ0n) is 9.69. The van der Waals surface area contributed by atoms with Gasteiger partial charge in [-0.25, -0.2) is 0 Å². The van der Waals surface area contributed by atoms with Crippen LogP contribution in [0.5, 0.6) is 0 Å². The van der Waals surface area contributed by atoms with Crippen molar-refractivity contribution < 1.29 is 4.79 Å². The van der Waals surface area contributed by atoms with Crippen molar-refractivity contribution in [1.29, 1.82) is 0 Å². The van der Waals surface area contributed by atoms with E-state index in [9.17, 15) is 4.79 Å². The van der Waals surface area contributed by atoms with Gasteiger partial charge in [0, 0.05) is 18.0 Å². The average molecular weight is 317 g/mol. The summed E-state index contributed by atoms with van der Waals surface area (Å²) in [5, 5.41) is 1.92. The molecule has 3 nitrogen and oxygen atoms in total. The van der Waals surface area contributed by atoms with Crippen molar-refractivity contribution in [3.05, 3.63) is 20.8 Å². The molecule has 0 saturated carbocycles. The van der Waals surface area contributed by atoms with E-state index in [1.165, 1.54) is 6.42 Å². The van der Waals surface area contributed by atoms with Crippen LogP contribution in [0.4, 0.5) is 0 Å². The summed E-state index contributed by atoms with van der Waals surface area (Å²) in [5.74, 6) is 0.158. The van der Waals surface area contributed by atoms with Gasteiger partial charge < -0.3 is 10.6 Å². The molecule has 1 aromatic heterocycles. The van der Waals surface area contributed by atoms with Crippen molar-refractivity contribution in [2.24, 2.45) is 5.73 Å². The molecule has 1 unspecified atom stereocenters. The van der Waals surface area contributed by atoms with Gasteiger partial charge in [-0.2, -0.15) is 0 Å². The second-order valence-corrected chi connectivity index (χ2v) is 6.66. The molecule has 2 heterocycles. The van der Waals surface area contributed by atoms with Crippen molar-refractivity contribution in [1.82, 2.24) is 4.90 Å². The number of carbonyl (C=O) groups is 1. The highest BCUT2D eigenvalue weighted by Crippen LogP contribution is 2.25. The molecule has 1 fully saturated rings. The lowest BCUT2D eigenvalue weighted by Gasteiger charge is -2.35. The fraction of sp³-hybridized carbons (Fsp3) is 0.583. The normalized spacial score (nSPS) is 20.6. The van der Waals surface area contributed by atoms with Crippen LogP contribution >= 0.6 is 27.3 Å². The SMILES string of the molecule is NCCC1CCCCN1C(=O)c1csc(Br)c1. The summed E-state index contributed by atoms with van der Waals surface area (Å²) in [5.41, 5.74) is 6.42. The molecule has 1 atom stereocenters. The van der Waals surface area contributed by atoms with E-state index in [1.807, 2.05) is 16.3 Å². The van der Waals surface area contributed by atoms with Gasteiger partial charge in [0.25, 0.3) is 5.91 Å². The van der Waals surface area contributed by atoms with Crippen LogP contribution in [0.15, 0.2) is 15.2 Å². The number of likely N-dealkylation sites (tertiary alicyclic amines) is 1. The molecule has 94 valence electrons. The third kappa shape index (κ3) is 3.09. The smallest absolute Gasteiger partial charge is 0.254 e. The van der Waals surface area contributed by atoms with Crippen LogP contribution in [-0.4, -0.2) is 29.9 Å². The second kappa shape index (κ2) is 5.98. The minimum atomic E-state index is 0.158. The fourth-order valence-electron chi connectivity index (χ4n) is 2.35. The highest BCUT2D eigenvalue weighted by atomic mass is 79.9. The van der Waals surface area contributed by atoms with E-state index in [4.69, 9.17) is 5.73 Å². The lowest BCUT2D eigenvalue weighted by molar-refractivity contribution is 0.0605. The summed E-state index contributed by atoms with van der Waals surface area (Å²) < 4.78 is 1.01. The standard InChI is InChI=1S/C12H17BrN2OS/c13-11-7-9(8-17-11)12(16)15-6-2-1-3-10(15)4-5-14/h7-8,10H,1-6,14H2. The molecule has 0 aliphatic carbocycles. The first-order valence-corrected chi connectivity index (χ1v) is 7.64. The van der Waals surface area contributed by atoms with Crippen molar-refractivity contribution >= 4 is 33.2 Å². The number of hydrogen-bond acceptors (Lipinski definition) is 3. The zero-order valence-corrected chi connectivity index (χ0v) is 12.1. The summed E-state index contributed by atoms with van der Waals surface area (Å²) in [7, 11) is 0. The van der Waals surface area contributed by atoms with E-state index in [-0.39, 0.29) is 5.91 Å². The Morgan fingerprint density at radius 2 is 2.41 bits per heavy atom. The van der Waals surface area contributed by atoms with Gasteiger partial charge in [-0.3, -0.25) is 4.79 Å². The predicted molar refractivity (Wildman–Crippen MR) is 74.4 cm³/mol. The maximum atomic E-state index is 12.4. The minimum absolute atomic E-state index is 0.158. The predicted octanol–water partition coefficient (Wildman–Crippen LogP) is 2.85. The Balaban J connectivity index is 2.10. The first-order chi connectivity index (χ1) is 8.22. The molecule has 1 aliphatic rings. The van der Waals surface area contributed by atoms with E-state index >= 15 is 0 Å². The number of nitrogens with zero attached hydrogens (tertiary/aromatic N) is 1. The van der Waals surface area contributed by atoms with Crippen molar-refractivity contribution in [3.63, 3.8) is 0 Å². The molecule has 0 bridgehead atoms. The maximum Gasteiger partial charge on any atom is 0.254 e. The molecule has 0 radical (unpaired) electrons. The molecule has 1 aliphatic heterocycles. The quantitative estimate of drug-likeness (QED) is 0.932. The molecule has 0 spiro atoms. The molecular weight excluding hydrogens is 300 g/mol. The number of piperidine rings is 1. The molecule has 17 heavy (non-hydrogen) atoms. The number of thiophene rings is 1. The fourth-order valence-corrected chi connectivity index (χ4v) is 3.48. The summed E-state index contributed by atoms with van der Waals surface area (Å²) in [6.07, 6.45) is 4.32. The lowest BCUT2D eigenvalue weighted by Crippen LogP contribution is -2.44. The third-order valence-corrected chi connectivity index (χ3v) is 4.71. The lowest BCUT2D eigenvalue weighted by atomic mass is 9.98. The number of amides is 1. The second-order valence-electron chi connectivity index (χ2n) is 4.36. The molecule has 1 amide bonds. The molecule has 5 heteroatoms. The third-order valence-electron chi connectivity index (χ3n) is 3.20. The van der Waals surface area contributed by atoms with Crippen molar-refractivity contribution in [3.8, 4) is 0 Å². The summed E-state index contributed by atoms with van der Waals surface area (Å²) in [4.78, 5) is 14.4. The van der Waals surface area contributed by atoms with Crippen LogP contribution in [0.3, 0.4) is 0 Å². The Labute approximate surface area is 114 Å². The van der Waals surface area contributed by atoms with Gasteiger partial charge in [-0.1, -0.05) is 0 Å². The average Bonchev–Trinajstić information content (AvgIpc) is 2.76. The van der Waals surface area contributed by atoms with E-state index in [2.05, 4.69) is 15.9 Å². The molecule has 1 saturated heterocycles. The Morgan fingerprint density at radius 3 is 3.06 bits per heavy atom. The summed E-state index contributed by atoms with van der Waals surface area (Å²) in [6.45, 7) is 1.53. The Morgan fingerprint density at radius 1 is 1.59 bits per heavy atom. The van der Waals surface area contributed by atoms with Crippen molar-refractivity contribution in [2.75, 3.05) is 13.1 Å². The minimum Gasteiger partial charge on any atom is -0.336 e. The number of nitrogens with two attached hydrogens (primary N) is 1. The highest BCUT2D eigenvalue weighted by molar-refractivity contribution is 9.11. The van der Waals surface area contributed by atoms with Crippen molar-refractivity contribution in [2.45, 2.75) is 31.7 Å². The maximum absolute atomic E-state index is 12.4. The van der Waals surface area contributed by atoms with Gasteiger partial charge in [0.15, 0.2) is 0 Å². The van der Waals surface area contributed by atoms with Gasteiger partial charge in [-0.05, 0) is 54.2 Å². The largest absolute Gasteiger partial charge is 0.336 e. The van der Waals surface area contributed by atoms with E-state index in [0.717, 1.165) is 35.2 Å². The Kier molecular flexibility index (Phi) is 4.59. The summed E-state index contributed by atoms with van der Waals surface area (Å²) >= 11 is 4.95. The van der Waals surface area contributed by atoms with Crippen LogP contribution in [0, 0.1) is 0 Å². The van der Waals surface area contributed by atoms with Gasteiger partial charge in [-0.15, -0.1) is 11.3 Å². The number of halogens is 1. The Bertz CT molecular complexity index is 392. The van der Waals surface area contributed by atoms with E-state index in [0.29, 0.717) is 12.6 Å². The molecule has 2 rings (SSSR count). The summed E-state index contributed by atoms with van der Waals surface area (Å²) in [6, 6.07) is 2.24. The van der Waals surface area contributed by atoms with E-state index < -0.39 is 0 Å². The van der Waals surface area contributed by atoms with Crippen LogP contribution < -0.4 is 5.73 Å². The van der Waals surface area contributed by atoms with E-state index in [1.54, 1.807) is 11.3 Å². The van der Waals surface area contributed by atoms with Gasteiger partial charge in [0.2, 0.25) is 0 Å².